The van der Waals surface area contributed by atoms with E-state index < -0.39 is 0 Å². The molecule has 2 aromatic heterocycles. The average Bonchev–Trinajstić information content (AvgIpc) is 3.00. The van der Waals surface area contributed by atoms with Crippen molar-refractivity contribution < 1.29 is 0 Å². The molecule has 7 heteroatoms. The minimum absolute atomic E-state index is 0.118. The molecule has 0 aliphatic rings. The van der Waals surface area contributed by atoms with Crippen LogP contribution in [0.1, 0.15) is 22.4 Å². The summed E-state index contributed by atoms with van der Waals surface area (Å²) in [5.41, 5.74) is 2.10. The summed E-state index contributed by atoms with van der Waals surface area (Å²) in [5.74, 6) is 0. The van der Waals surface area contributed by atoms with Crippen LogP contribution in [0.25, 0.3) is 0 Å². The molecule has 0 aliphatic heterocycles. The summed E-state index contributed by atoms with van der Waals surface area (Å²) in [4.78, 5) is 6.68. The van der Waals surface area contributed by atoms with E-state index in [2.05, 4.69) is 39.8 Å². The topological polar surface area (TPSA) is 46.0 Å². The van der Waals surface area contributed by atoms with Gasteiger partial charge in [-0.05, 0) is 28.1 Å². The number of rotatable bonds is 7. The van der Waals surface area contributed by atoms with E-state index in [-0.39, 0.29) is 6.04 Å². The van der Waals surface area contributed by atoms with E-state index in [4.69, 9.17) is 11.6 Å². The summed E-state index contributed by atoms with van der Waals surface area (Å²) in [6.45, 7) is 3.77. The van der Waals surface area contributed by atoms with Crippen LogP contribution >= 0.6 is 22.9 Å². The molecule has 0 saturated carbocycles. The molecule has 0 fully saturated rings. The molecule has 5 nitrogen and oxygen atoms in total. The number of nitrogens with one attached hydrogen (secondary N) is 1. The number of halogens is 1. The molecule has 0 aromatic carbocycles. The molecular weight excluding hydrogens is 306 g/mol. The van der Waals surface area contributed by atoms with Crippen molar-refractivity contribution in [3.63, 3.8) is 0 Å². The fourth-order valence-electron chi connectivity index (χ4n) is 2.20. The number of aryl methyl sites for hydroxylation is 1. The van der Waals surface area contributed by atoms with Gasteiger partial charge in [0.05, 0.1) is 34.5 Å². The average molecular weight is 328 g/mol. The zero-order chi connectivity index (χ0) is 15.4. The lowest BCUT2D eigenvalue weighted by atomic mass is 10.1. The minimum Gasteiger partial charge on any atom is -0.311 e. The van der Waals surface area contributed by atoms with Gasteiger partial charge < -0.3 is 10.2 Å². The Kier molecular flexibility index (Phi) is 5.75. The first kappa shape index (κ1) is 16.4. The Hall–Kier alpha value is -0.950. The van der Waals surface area contributed by atoms with E-state index in [1.165, 1.54) is 0 Å². The smallest absolute Gasteiger partial charge is 0.0947 e. The quantitative estimate of drug-likeness (QED) is 0.848. The van der Waals surface area contributed by atoms with Crippen LogP contribution < -0.4 is 5.32 Å². The number of aromatic nitrogens is 3. The summed E-state index contributed by atoms with van der Waals surface area (Å²) >= 11 is 8.04. The monoisotopic (exact) mass is 327 g/mol. The molecule has 0 aliphatic carbocycles. The van der Waals surface area contributed by atoms with Crippen molar-refractivity contribution in [2.75, 3.05) is 27.7 Å². The van der Waals surface area contributed by atoms with E-state index in [9.17, 15) is 0 Å². The maximum atomic E-state index is 6.35. The van der Waals surface area contributed by atoms with Crippen LogP contribution in [-0.2, 0) is 13.0 Å². The lowest BCUT2D eigenvalue weighted by Crippen LogP contribution is -2.26. The minimum atomic E-state index is 0.118. The molecule has 0 spiro atoms. The predicted molar refractivity (Wildman–Crippen MR) is 88.1 cm³/mol. The molecular formula is C14H22ClN5S. The summed E-state index contributed by atoms with van der Waals surface area (Å²) in [5, 5.41) is 11.6. The summed E-state index contributed by atoms with van der Waals surface area (Å²) in [7, 11) is 6.06. The van der Waals surface area contributed by atoms with Crippen molar-refractivity contribution in [2.24, 2.45) is 0 Å². The van der Waals surface area contributed by atoms with Gasteiger partial charge in [-0.2, -0.15) is 5.10 Å². The molecule has 2 aromatic rings. The summed E-state index contributed by atoms with van der Waals surface area (Å²) in [6.07, 6.45) is 2.55. The van der Waals surface area contributed by atoms with Gasteiger partial charge in [0.25, 0.3) is 0 Å². The number of hydrogen-bond acceptors (Lipinski definition) is 5. The highest BCUT2D eigenvalue weighted by atomic mass is 35.5. The first-order valence-corrected chi connectivity index (χ1v) is 8.21. The zero-order valence-corrected chi connectivity index (χ0v) is 14.5. The SMILES string of the molecule is CNC(Cc1nc(C)cs1)c1c(Cl)cnn1CCN(C)C. The largest absolute Gasteiger partial charge is 0.311 e. The van der Waals surface area contributed by atoms with Gasteiger partial charge in [0, 0.05) is 24.0 Å². The third-order valence-corrected chi connectivity index (χ3v) is 4.60. The van der Waals surface area contributed by atoms with E-state index in [1.807, 2.05) is 18.7 Å². The van der Waals surface area contributed by atoms with Gasteiger partial charge in [-0.15, -0.1) is 11.3 Å². The number of thiazole rings is 1. The van der Waals surface area contributed by atoms with Crippen LogP contribution in [0.15, 0.2) is 11.6 Å². The van der Waals surface area contributed by atoms with Crippen LogP contribution in [-0.4, -0.2) is 47.4 Å². The van der Waals surface area contributed by atoms with Crippen LogP contribution in [0.3, 0.4) is 0 Å². The fourth-order valence-corrected chi connectivity index (χ4v) is 3.29. The van der Waals surface area contributed by atoms with Crippen LogP contribution in [0.4, 0.5) is 0 Å². The number of nitrogens with zero attached hydrogens (tertiary/aromatic N) is 4. The molecule has 21 heavy (non-hydrogen) atoms. The molecule has 0 amide bonds. The van der Waals surface area contributed by atoms with Crippen LogP contribution in [0.5, 0.6) is 0 Å². The van der Waals surface area contributed by atoms with Gasteiger partial charge in [0.15, 0.2) is 0 Å². The highest BCUT2D eigenvalue weighted by Gasteiger charge is 2.20. The lowest BCUT2D eigenvalue weighted by Gasteiger charge is -2.19. The van der Waals surface area contributed by atoms with Gasteiger partial charge in [-0.25, -0.2) is 4.98 Å². The maximum Gasteiger partial charge on any atom is 0.0947 e. The highest BCUT2D eigenvalue weighted by Crippen LogP contribution is 2.26. The molecule has 2 rings (SSSR count). The third-order valence-electron chi connectivity index (χ3n) is 3.32. The Balaban J connectivity index is 2.18. The standard InChI is InChI=1S/C14H22ClN5S/c1-10-9-21-13(18-10)7-12(16-2)14-11(15)8-17-20(14)6-5-19(3)4/h8-9,12,16H,5-7H2,1-4H3. The molecule has 2 heterocycles. The van der Waals surface area contributed by atoms with Crippen molar-refractivity contribution >= 4 is 22.9 Å². The molecule has 1 unspecified atom stereocenters. The van der Waals surface area contributed by atoms with Gasteiger partial charge in [0.2, 0.25) is 0 Å². The van der Waals surface area contributed by atoms with Gasteiger partial charge >= 0.3 is 0 Å². The highest BCUT2D eigenvalue weighted by molar-refractivity contribution is 7.09. The normalized spacial score (nSPS) is 13.0. The summed E-state index contributed by atoms with van der Waals surface area (Å²) in [6, 6.07) is 0.118. The first-order chi connectivity index (χ1) is 10.0. The van der Waals surface area contributed by atoms with Crippen molar-refractivity contribution in [2.45, 2.75) is 25.9 Å². The van der Waals surface area contributed by atoms with Crippen molar-refractivity contribution in [3.05, 3.63) is 33.0 Å². The van der Waals surface area contributed by atoms with Crippen molar-refractivity contribution in [3.8, 4) is 0 Å². The van der Waals surface area contributed by atoms with Gasteiger partial charge in [-0.3, -0.25) is 4.68 Å². The maximum absolute atomic E-state index is 6.35. The molecule has 1 N–H and O–H groups in total. The first-order valence-electron chi connectivity index (χ1n) is 6.95. The number of hydrogen-bond donors (Lipinski definition) is 1. The molecule has 1 atom stereocenters. The van der Waals surface area contributed by atoms with Crippen molar-refractivity contribution in [1.82, 2.24) is 25.0 Å². The Labute approximate surface area is 134 Å². The number of likely N-dealkylation sites (N-methyl/N-ethyl adjacent to an activating group) is 2. The van der Waals surface area contributed by atoms with Gasteiger partial charge in [0.1, 0.15) is 0 Å². The van der Waals surface area contributed by atoms with E-state index in [0.717, 1.165) is 35.9 Å². The zero-order valence-electron chi connectivity index (χ0n) is 12.9. The summed E-state index contributed by atoms with van der Waals surface area (Å²) < 4.78 is 1.99. The second-order valence-electron chi connectivity index (χ2n) is 5.33. The predicted octanol–water partition coefficient (Wildman–Crippen LogP) is 2.37. The van der Waals surface area contributed by atoms with Crippen LogP contribution in [0.2, 0.25) is 5.02 Å². The second-order valence-corrected chi connectivity index (χ2v) is 6.68. The Morgan fingerprint density at radius 3 is 2.81 bits per heavy atom. The van der Waals surface area contributed by atoms with Crippen LogP contribution in [0, 0.1) is 6.92 Å². The van der Waals surface area contributed by atoms with Gasteiger partial charge in [-0.1, -0.05) is 11.6 Å². The molecule has 0 radical (unpaired) electrons. The Morgan fingerprint density at radius 1 is 1.48 bits per heavy atom. The third kappa shape index (κ3) is 4.26. The van der Waals surface area contributed by atoms with E-state index >= 15 is 0 Å². The van der Waals surface area contributed by atoms with E-state index in [1.54, 1.807) is 17.5 Å². The second kappa shape index (κ2) is 7.35. The van der Waals surface area contributed by atoms with E-state index in [0.29, 0.717) is 5.02 Å². The molecule has 0 bridgehead atoms. The Morgan fingerprint density at radius 2 is 2.24 bits per heavy atom. The Bertz CT molecular complexity index is 578. The fraction of sp³-hybridized carbons (Fsp3) is 0.571. The molecule has 0 saturated heterocycles. The molecule has 116 valence electrons. The lowest BCUT2D eigenvalue weighted by molar-refractivity contribution is 0.363. The van der Waals surface area contributed by atoms with Crippen molar-refractivity contribution in [1.29, 1.82) is 0 Å².